The Morgan fingerprint density at radius 2 is 2.00 bits per heavy atom. The predicted molar refractivity (Wildman–Crippen MR) is 35.5 cm³/mol. The molecule has 0 aromatic rings. The lowest BCUT2D eigenvalue weighted by Crippen LogP contribution is -2.20. The maximum Gasteiger partial charge on any atom is 0.213 e. The van der Waals surface area contributed by atoms with Gasteiger partial charge in [-0.1, -0.05) is 13.8 Å². The SMILES string of the molecule is CC(C)C(Cl)C(=O)C=O. The maximum absolute atomic E-state index is 10.5. The van der Waals surface area contributed by atoms with E-state index < -0.39 is 11.2 Å². The van der Waals surface area contributed by atoms with Crippen molar-refractivity contribution in [3.63, 3.8) is 0 Å². The molecule has 52 valence electrons. The fourth-order valence-corrected chi connectivity index (χ4v) is 0.445. The van der Waals surface area contributed by atoms with Crippen molar-refractivity contribution < 1.29 is 9.59 Å². The lowest BCUT2D eigenvalue weighted by Gasteiger charge is -2.06. The van der Waals surface area contributed by atoms with E-state index in [9.17, 15) is 9.59 Å². The zero-order valence-corrected chi connectivity index (χ0v) is 6.18. The van der Waals surface area contributed by atoms with Crippen molar-refractivity contribution >= 4 is 23.7 Å². The van der Waals surface area contributed by atoms with Gasteiger partial charge in [-0.05, 0) is 5.92 Å². The summed E-state index contributed by atoms with van der Waals surface area (Å²) in [5, 5.41) is -0.650. The number of carbonyl (C=O) groups is 2. The van der Waals surface area contributed by atoms with Crippen molar-refractivity contribution in [3.8, 4) is 0 Å². The molecule has 0 fully saturated rings. The summed E-state index contributed by atoms with van der Waals surface area (Å²) in [7, 11) is 0. The lowest BCUT2D eigenvalue weighted by molar-refractivity contribution is -0.130. The highest BCUT2D eigenvalue weighted by molar-refractivity contribution is 6.43. The van der Waals surface area contributed by atoms with Crippen LogP contribution in [0.2, 0.25) is 0 Å². The molecule has 1 unspecified atom stereocenters. The Morgan fingerprint density at radius 3 is 2.11 bits per heavy atom. The minimum Gasteiger partial charge on any atom is -0.295 e. The molecule has 0 saturated carbocycles. The van der Waals surface area contributed by atoms with E-state index in [4.69, 9.17) is 11.6 Å². The van der Waals surface area contributed by atoms with Crippen molar-refractivity contribution in [1.82, 2.24) is 0 Å². The van der Waals surface area contributed by atoms with Crippen LogP contribution in [0, 0.1) is 5.92 Å². The number of Topliss-reactive ketones (excluding diaryl/α,β-unsaturated/α-hetero) is 1. The van der Waals surface area contributed by atoms with Crippen LogP contribution in [0.4, 0.5) is 0 Å². The zero-order chi connectivity index (χ0) is 7.44. The summed E-state index contributed by atoms with van der Waals surface area (Å²) in [5.74, 6) is -0.504. The van der Waals surface area contributed by atoms with Crippen LogP contribution < -0.4 is 0 Å². The Morgan fingerprint density at radius 1 is 1.56 bits per heavy atom. The number of hydrogen-bond acceptors (Lipinski definition) is 2. The highest BCUT2D eigenvalue weighted by atomic mass is 35.5. The first-order valence-electron chi connectivity index (χ1n) is 2.72. The first kappa shape index (κ1) is 8.63. The summed E-state index contributed by atoms with van der Waals surface area (Å²) in [6.45, 7) is 3.58. The molecule has 0 aliphatic heterocycles. The molecular weight excluding hydrogens is 140 g/mol. The van der Waals surface area contributed by atoms with Crippen molar-refractivity contribution in [2.75, 3.05) is 0 Å². The van der Waals surface area contributed by atoms with E-state index in [0.29, 0.717) is 0 Å². The molecule has 0 aromatic heterocycles. The summed E-state index contributed by atoms with van der Waals surface area (Å²) >= 11 is 5.49. The van der Waals surface area contributed by atoms with E-state index in [1.807, 2.05) is 0 Å². The number of carbonyl (C=O) groups excluding carboxylic acids is 2. The van der Waals surface area contributed by atoms with E-state index >= 15 is 0 Å². The number of hydrogen-bond donors (Lipinski definition) is 0. The second-order valence-corrected chi connectivity index (χ2v) is 2.64. The number of ketones is 1. The van der Waals surface area contributed by atoms with Gasteiger partial charge in [0.2, 0.25) is 5.78 Å². The summed E-state index contributed by atoms with van der Waals surface area (Å²) in [4.78, 5) is 20.3. The van der Waals surface area contributed by atoms with E-state index in [1.54, 1.807) is 13.8 Å². The summed E-state index contributed by atoms with van der Waals surface area (Å²) in [5.41, 5.74) is 0. The van der Waals surface area contributed by atoms with E-state index in [1.165, 1.54) is 0 Å². The first-order valence-corrected chi connectivity index (χ1v) is 3.16. The van der Waals surface area contributed by atoms with E-state index in [0.717, 1.165) is 0 Å². The van der Waals surface area contributed by atoms with Gasteiger partial charge >= 0.3 is 0 Å². The Hall–Kier alpha value is -0.370. The predicted octanol–water partition coefficient (Wildman–Crippen LogP) is 1.02. The fraction of sp³-hybridized carbons (Fsp3) is 0.667. The average Bonchev–Trinajstić information content (AvgIpc) is 1.84. The van der Waals surface area contributed by atoms with Crippen LogP contribution >= 0.6 is 11.6 Å². The third kappa shape index (κ3) is 2.61. The molecule has 0 N–H and O–H groups in total. The van der Waals surface area contributed by atoms with Gasteiger partial charge in [-0.25, -0.2) is 0 Å². The topological polar surface area (TPSA) is 34.1 Å². The molecule has 0 heterocycles. The molecule has 0 radical (unpaired) electrons. The van der Waals surface area contributed by atoms with Crippen LogP contribution in [0.1, 0.15) is 13.8 Å². The van der Waals surface area contributed by atoms with Crippen LogP contribution in [-0.4, -0.2) is 17.4 Å². The smallest absolute Gasteiger partial charge is 0.213 e. The second-order valence-electron chi connectivity index (χ2n) is 2.17. The molecule has 0 aromatic carbocycles. The third-order valence-corrected chi connectivity index (χ3v) is 1.69. The monoisotopic (exact) mass is 148 g/mol. The van der Waals surface area contributed by atoms with Crippen LogP contribution in [-0.2, 0) is 9.59 Å². The zero-order valence-electron chi connectivity index (χ0n) is 5.43. The molecule has 0 spiro atoms. The van der Waals surface area contributed by atoms with Gasteiger partial charge in [0.05, 0.1) is 0 Å². The fourth-order valence-electron chi connectivity index (χ4n) is 0.394. The molecule has 2 nitrogen and oxygen atoms in total. The second kappa shape index (κ2) is 3.62. The number of aldehydes is 1. The van der Waals surface area contributed by atoms with Crippen molar-refractivity contribution in [3.05, 3.63) is 0 Å². The van der Waals surface area contributed by atoms with Crippen LogP contribution in [0.25, 0.3) is 0 Å². The van der Waals surface area contributed by atoms with Crippen LogP contribution in [0.3, 0.4) is 0 Å². The Bertz CT molecular complexity index is 120. The minimum absolute atomic E-state index is 0.0318. The standard InChI is InChI=1S/C6H9ClO2/c1-4(2)6(7)5(9)3-8/h3-4,6H,1-2H3. The Kier molecular flexibility index (Phi) is 3.47. The lowest BCUT2D eigenvalue weighted by atomic mass is 10.1. The van der Waals surface area contributed by atoms with Gasteiger partial charge in [0.25, 0.3) is 0 Å². The Labute approximate surface area is 59.2 Å². The van der Waals surface area contributed by atoms with Gasteiger partial charge in [0.15, 0.2) is 6.29 Å². The molecule has 3 heteroatoms. The molecular formula is C6H9ClO2. The molecule has 0 amide bonds. The van der Waals surface area contributed by atoms with Gasteiger partial charge in [0, 0.05) is 0 Å². The summed E-state index contributed by atoms with van der Waals surface area (Å²) in [6, 6.07) is 0. The molecule has 0 saturated heterocycles. The quantitative estimate of drug-likeness (QED) is 0.340. The average molecular weight is 149 g/mol. The molecule has 9 heavy (non-hydrogen) atoms. The molecule has 0 rings (SSSR count). The minimum atomic E-state index is -0.650. The van der Waals surface area contributed by atoms with E-state index in [-0.39, 0.29) is 12.2 Å². The normalized spacial score (nSPS) is 13.3. The first-order chi connectivity index (χ1) is 4.09. The van der Waals surface area contributed by atoms with Crippen molar-refractivity contribution in [2.45, 2.75) is 19.2 Å². The molecule has 1 atom stereocenters. The molecule has 0 aliphatic rings. The number of halogens is 1. The number of alkyl halides is 1. The highest BCUT2D eigenvalue weighted by Gasteiger charge is 2.17. The van der Waals surface area contributed by atoms with Gasteiger partial charge in [0.1, 0.15) is 5.38 Å². The third-order valence-electron chi connectivity index (χ3n) is 0.973. The highest BCUT2D eigenvalue weighted by Crippen LogP contribution is 2.08. The molecule has 0 aliphatic carbocycles. The van der Waals surface area contributed by atoms with Gasteiger partial charge in [-0.2, -0.15) is 0 Å². The van der Waals surface area contributed by atoms with Gasteiger partial charge < -0.3 is 0 Å². The van der Waals surface area contributed by atoms with E-state index in [2.05, 4.69) is 0 Å². The van der Waals surface area contributed by atoms with Crippen LogP contribution in [0.5, 0.6) is 0 Å². The summed E-state index contributed by atoms with van der Waals surface area (Å²) in [6.07, 6.45) is 0.262. The Balaban J connectivity index is 3.87. The van der Waals surface area contributed by atoms with Gasteiger partial charge in [-0.15, -0.1) is 11.6 Å². The summed E-state index contributed by atoms with van der Waals surface area (Å²) < 4.78 is 0. The largest absolute Gasteiger partial charge is 0.295 e. The molecule has 0 bridgehead atoms. The maximum atomic E-state index is 10.5. The van der Waals surface area contributed by atoms with Crippen molar-refractivity contribution in [1.29, 1.82) is 0 Å². The van der Waals surface area contributed by atoms with Crippen molar-refractivity contribution in [2.24, 2.45) is 5.92 Å². The van der Waals surface area contributed by atoms with Gasteiger partial charge in [-0.3, -0.25) is 9.59 Å². The van der Waals surface area contributed by atoms with Crippen LogP contribution in [0.15, 0.2) is 0 Å². The number of rotatable bonds is 3.